The Morgan fingerprint density at radius 2 is 1.12 bits per heavy atom. The van der Waals surface area contributed by atoms with Gasteiger partial charge in [-0.05, 0) is 65.2 Å². The minimum absolute atomic E-state index is 0.241. The number of benzene rings is 4. The lowest BCUT2D eigenvalue weighted by atomic mass is 10.1. The van der Waals surface area contributed by atoms with E-state index in [0.717, 1.165) is 28.1 Å². The molecule has 40 heavy (non-hydrogen) atoms. The summed E-state index contributed by atoms with van der Waals surface area (Å²) in [6, 6.07) is 32.5. The van der Waals surface area contributed by atoms with E-state index >= 15 is 0 Å². The van der Waals surface area contributed by atoms with Crippen molar-refractivity contribution in [2.45, 2.75) is 16.8 Å². The summed E-state index contributed by atoms with van der Waals surface area (Å²) < 4.78 is 33.4. The van der Waals surface area contributed by atoms with Crippen LogP contribution in [0, 0.1) is 0 Å². The first-order valence-corrected chi connectivity index (χ1v) is 14.7. The Morgan fingerprint density at radius 3 is 1.57 bits per heavy atom. The van der Waals surface area contributed by atoms with E-state index in [0.29, 0.717) is 12.4 Å². The Morgan fingerprint density at radius 1 is 0.650 bits per heavy atom. The molecule has 0 atom stereocenters. The van der Waals surface area contributed by atoms with Gasteiger partial charge in [0.15, 0.2) is 9.84 Å². The van der Waals surface area contributed by atoms with Crippen LogP contribution in [0.25, 0.3) is 12.2 Å². The predicted octanol–water partition coefficient (Wildman–Crippen LogP) is 6.97. The highest BCUT2D eigenvalue weighted by Crippen LogP contribution is 2.24. The summed E-state index contributed by atoms with van der Waals surface area (Å²) in [5.74, 6) is 0.618. The van der Waals surface area contributed by atoms with E-state index in [1.807, 2.05) is 129 Å². The first kappa shape index (κ1) is 28.7. The maximum atomic E-state index is 13.8. The molecule has 0 unspecified atom stereocenters. The van der Waals surface area contributed by atoms with E-state index in [1.165, 1.54) is 0 Å². The molecule has 0 saturated heterocycles. The summed E-state index contributed by atoms with van der Waals surface area (Å²) in [7, 11) is 4.24. The second-order valence-electron chi connectivity index (χ2n) is 9.95. The summed E-state index contributed by atoms with van der Waals surface area (Å²) in [6.45, 7) is 0.417. The molecule has 5 nitrogen and oxygen atoms in total. The molecule has 206 valence electrons. The van der Waals surface area contributed by atoms with Crippen LogP contribution in [0.5, 0.6) is 5.75 Å². The van der Waals surface area contributed by atoms with Crippen molar-refractivity contribution in [1.29, 1.82) is 0 Å². The third-order valence-corrected chi connectivity index (χ3v) is 8.49. The van der Waals surface area contributed by atoms with E-state index in [4.69, 9.17) is 4.74 Å². The quantitative estimate of drug-likeness (QED) is 0.201. The van der Waals surface area contributed by atoms with E-state index in [-0.39, 0.29) is 4.90 Å². The molecule has 0 aliphatic carbocycles. The maximum absolute atomic E-state index is 13.8. The zero-order valence-corrected chi connectivity index (χ0v) is 24.3. The second kappa shape index (κ2) is 13.2. The Balaban J connectivity index is 1.58. The highest BCUT2D eigenvalue weighted by molar-refractivity contribution is 7.92. The second-order valence-corrected chi connectivity index (χ2v) is 12.1. The highest BCUT2D eigenvalue weighted by atomic mass is 32.2. The molecule has 0 bridgehead atoms. The van der Waals surface area contributed by atoms with Crippen LogP contribution in [-0.4, -0.2) is 41.9 Å². The van der Waals surface area contributed by atoms with Gasteiger partial charge in [0.1, 0.15) is 17.6 Å². The van der Waals surface area contributed by atoms with Crippen molar-refractivity contribution < 1.29 is 13.2 Å². The van der Waals surface area contributed by atoms with Gasteiger partial charge in [-0.3, -0.25) is 0 Å². The number of hydrogen-bond acceptors (Lipinski definition) is 5. The van der Waals surface area contributed by atoms with Crippen LogP contribution < -0.4 is 14.5 Å². The molecule has 0 aromatic heterocycles. The van der Waals surface area contributed by atoms with Gasteiger partial charge in [-0.2, -0.15) is 0 Å². The fraction of sp³-hybridized carbons (Fsp3) is 0.176. The minimum atomic E-state index is -3.71. The first-order valence-electron chi connectivity index (χ1n) is 13.1. The lowest BCUT2D eigenvalue weighted by molar-refractivity contribution is 0.306. The third-order valence-electron chi connectivity index (χ3n) is 6.53. The van der Waals surface area contributed by atoms with Gasteiger partial charge < -0.3 is 14.5 Å². The van der Waals surface area contributed by atoms with E-state index in [1.54, 1.807) is 36.4 Å². The van der Waals surface area contributed by atoms with Crippen molar-refractivity contribution in [3.05, 3.63) is 132 Å². The molecule has 0 aliphatic rings. The van der Waals surface area contributed by atoms with Gasteiger partial charge in [-0.1, -0.05) is 78.9 Å². The molecule has 0 amide bonds. The summed E-state index contributed by atoms with van der Waals surface area (Å²) in [5.41, 5.74) is 5.07. The number of anilines is 2. The van der Waals surface area contributed by atoms with Crippen LogP contribution in [-0.2, 0) is 16.4 Å². The van der Waals surface area contributed by atoms with Gasteiger partial charge in [0.05, 0.1) is 4.90 Å². The third kappa shape index (κ3) is 7.64. The van der Waals surface area contributed by atoms with Gasteiger partial charge in [-0.25, -0.2) is 8.42 Å². The summed E-state index contributed by atoms with van der Waals surface area (Å²) >= 11 is 0. The Kier molecular flexibility index (Phi) is 9.46. The van der Waals surface area contributed by atoms with Gasteiger partial charge in [0, 0.05) is 39.6 Å². The standard InChI is InChI=1S/C34H36N2O3S/c1-35(2)30-16-10-27(11-17-30)14-22-33(23-15-28-12-18-31(19-13-28)36(3)4)40(37,38)34-24-20-32(21-25-34)39-26-29-8-6-5-7-9-29/h5-25,33H,26H2,1-4H3. The molecular formula is C34H36N2O3S. The smallest absolute Gasteiger partial charge is 0.188 e. The van der Waals surface area contributed by atoms with Crippen molar-refractivity contribution in [2.24, 2.45) is 0 Å². The first-order chi connectivity index (χ1) is 19.2. The van der Waals surface area contributed by atoms with Gasteiger partial charge >= 0.3 is 0 Å². The predicted molar refractivity (Wildman–Crippen MR) is 168 cm³/mol. The van der Waals surface area contributed by atoms with Crippen LogP contribution in [0.2, 0.25) is 0 Å². The minimum Gasteiger partial charge on any atom is -0.489 e. The lowest BCUT2D eigenvalue weighted by Gasteiger charge is -2.13. The zero-order chi connectivity index (χ0) is 28.5. The summed E-state index contributed by atoms with van der Waals surface area (Å²) in [5, 5.41) is -0.856. The molecule has 0 radical (unpaired) electrons. The van der Waals surface area contributed by atoms with Crippen LogP contribution in [0.3, 0.4) is 0 Å². The van der Waals surface area contributed by atoms with Gasteiger partial charge in [-0.15, -0.1) is 0 Å². The molecule has 6 heteroatoms. The number of ether oxygens (including phenoxy) is 1. The number of sulfone groups is 1. The average Bonchev–Trinajstić information content (AvgIpc) is 2.97. The zero-order valence-electron chi connectivity index (χ0n) is 23.4. The van der Waals surface area contributed by atoms with Crippen LogP contribution in [0.4, 0.5) is 11.4 Å². The number of nitrogens with zero attached hydrogens (tertiary/aromatic N) is 2. The van der Waals surface area contributed by atoms with Crippen molar-refractivity contribution in [1.82, 2.24) is 0 Å². The molecule has 0 saturated carbocycles. The Bertz CT molecular complexity index is 1460. The monoisotopic (exact) mass is 552 g/mol. The van der Waals surface area contributed by atoms with Gasteiger partial charge in [0.25, 0.3) is 0 Å². The number of rotatable bonds is 11. The van der Waals surface area contributed by atoms with Gasteiger partial charge in [0.2, 0.25) is 0 Å². The molecule has 0 heterocycles. The highest BCUT2D eigenvalue weighted by Gasteiger charge is 2.23. The van der Waals surface area contributed by atoms with E-state index in [2.05, 4.69) is 0 Å². The molecule has 0 aliphatic heterocycles. The topological polar surface area (TPSA) is 49.9 Å². The van der Waals surface area contributed by atoms with E-state index < -0.39 is 15.1 Å². The summed E-state index contributed by atoms with van der Waals surface area (Å²) in [4.78, 5) is 4.29. The maximum Gasteiger partial charge on any atom is 0.188 e. The fourth-order valence-corrected chi connectivity index (χ4v) is 5.47. The van der Waals surface area contributed by atoms with Crippen LogP contribution >= 0.6 is 0 Å². The van der Waals surface area contributed by atoms with Crippen LogP contribution in [0.1, 0.15) is 16.7 Å². The normalized spacial score (nSPS) is 12.5. The average molecular weight is 553 g/mol. The molecule has 0 fully saturated rings. The molecule has 0 spiro atoms. The SMILES string of the molecule is CN(C)c1ccc(C=CC(C=Cc2ccc(N(C)C)cc2)S(=O)(=O)c2ccc(OCc3ccccc3)cc2)cc1. The van der Waals surface area contributed by atoms with Crippen molar-refractivity contribution in [3.63, 3.8) is 0 Å². The number of hydrogen-bond donors (Lipinski definition) is 0. The van der Waals surface area contributed by atoms with E-state index in [9.17, 15) is 8.42 Å². The van der Waals surface area contributed by atoms with Crippen molar-refractivity contribution >= 4 is 33.4 Å². The van der Waals surface area contributed by atoms with Crippen LogP contribution in [0.15, 0.2) is 120 Å². The largest absolute Gasteiger partial charge is 0.489 e. The molecule has 4 aromatic carbocycles. The molecule has 0 N–H and O–H groups in total. The fourth-order valence-electron chi connectivity index (χ4n) is 4.07. The van der Waals surface area contributed by atoms with Crippen molar-refractivity contribution in [2.75, 3.05) is 38.0 Å². The lowest BCUT2D eigenvalue weighted by Crippen LogP contribution is -2.17. The molecule has 4 aromatic rings. The van der Waals surface area contributed by atoms with Crippen molar-refractivity contribution in [3.8, 4) is 5.75 Å². The Hall–Kier alpha value is -4.29. The molecular weight excluding hydrogens is 516 g/mol. The Labute approximate surface area is 238 Å². The molecule has 4 rings (SSSR count). The summed E-state index contributed by atoms with van der Waals surface area (Å²) in [6.07, 6.45) is 7.20.